The molecule has 3 aromatic rings. The molecule has 0 N–H and O–H groups in total. The minimum absolute atomic E-state index is 0.499. The average molecular weight is 291 g/mol. The number of hydrogen-bond acceptors (Lipinski definition) is 4. The third-order valence-electron chi connectivity index (χ3n) is 3.61. The molecule has 0 fully saturated rings. The Morgan fingerprint density at radius 1 is 1.09 bits per heavy atom. The molecule has 2 aromatic heterocycles. The van der Waals surface area contributed by atoms with E-state index in [0.717, 1.165) is 23.2 Å². The molecule has 0 aliphatic rings. The lowest BCUT2D eigenvalue weighted by Crippen LogP contribution is -2.23. The SMILES string of the molecule is N#CCCN(Cc1ccco1)Cc1cccc2cccnc12. The van der Waals surface area contributed by atoms with Gasteiger partial charge < -0.3 is 4.42 Å². The van der Waals surface area contributed by atoms with Crippen LogP contribution in [0.1, 0.15) is 17.7 Å². The number of benzene rings is 1. The topological polar surface area (TPSA) is 53.1 Å². The monoisotopic (exact) mass is 291 g/mol. The summed E-state index contributed by atoms with van der Waals surface area (Å²) < 4.78 is 5.43. The minimum Gasteiger partial charge on any atom is -0.468 e. The highest BCUT2D eigenvalue weighted by molar-refractivity contribution is 5.81. The van der Waals surface area contributed by atoms with Crippen molar-refractivity contribution in [3.8, 4) is 6.07 Å². The normalized spacial score (nSPS) is 10.9. The summed E-state index contributed by atoms with van der Waals surface area (Å²) in [5.74, 6) is 0.908. The van der Waals surface area contributed by atoms with E-state index in [0.29, 0.717) is 19.5 Å². The third kappa shape index (κ3) is 3.33. The van der Waals surface area contributed by atoms with E-state index >= 15 is 0 Å². The van der Waals surface area contributed by atoms with Gasteiger partial charge in [0.2, 0.25) is 0 Å². The molecule has 4 heteroatoms. The molecule has 0 aliphatic heterocycles. The van der Waals surface area contributed by atoms with Crippen molar-refractivity contribution in [2.24, 2.45) is 0 Å². The van der Waals surface area contributed by atoms with Crippen LogP contribution in [0, 0.1) is 11.3 Å². The van der Waals surface area contributed by atoms with Gasteiger partial charge in [-0.2, -0.15) is 5.26 Å². The van der Waals surface area contributed by atoms with E-state index in [-0.39, 0.29) is 0 Å². The Bertz CT molecular complexity index is 769. The van der Waals surface area contributed by atoms with Crippen LogP contribution in [-0.4, -0.2) is 16.4 Å². The Hall–Kier alpha value is -2.64. The lowest BCUT2D eigenvalue weighted by atomic mass is 10.1. The molecule has 0 saturated carbocycles. The molecule has 0 aliphatic carbocycles. The lowest BCUT2D eigenvalue weighted by molar-refractivity contribution is 0.241. The van der Waals surface area contributed by atoms with Crippen molar-refractivity contribution in [1.82, 2.24) is 9.88 Å². The molecule has 0 atom stereocenters. The van der Waals surface area contributed by atoms with E-state index < -0.39 is 0 Å². The zero-order valence-electron chi connectivity index (χ0n) is 12.3. The van der Waals surface area contributed by atoms with Crippen LogP contribution < -0.4 is 0 Å². The van der Waals surface area contributed by atoms with Gasteiger partial charge in [-0.3, -0.25) is 9.88 Å². The summed E-state index contributed by atoms with van der Waals surface area (Å²) in [5.41, 5.74) is 2.19. The van der Waals surface area contributed by atoms with E-state index in [4.69, 9.17) is 9.68 Å². The van der Waals surface area contributed by atoms with Gasteiger partial charge in [-0.25, -0.2) is 0 Å². The van der Waals surface area contributed by atoms with Crippen molar-refractivity contribution in [3.05, 3.63) is 66.2 Å². The number of rotatable bonds is 6. The van der Waals surface area contributed by atoms with Crippen LogP contribution in [0.4, 0.5) is 0 Å². The molecular formula is C18H17N3O. The Kier molecular flexibility index (Phi) is 4.47. The maximum absolute atomic E-state index is 8.87. The van der Waals surface area contributed by atoms with E-state index in [1.54, 1.807) is 6.26 Å². The highest BCUT2D eigenvalue weighted by Gasteiger charge is 2.11. The molecule has 0 amide bonds. The molecule has 0 spiro atoms. The zero-order valence-corrected chi connectivity index (χ0v) is 12.3. The molecule has 110 valence electrons. The van der Waals surface area contributed by atoms with E-state index in [9.17, 15) is 0 Å². The summed E-state index contributed by atoms with van der Waals surface area (Å²) in [6, 6.07) is 16.3. The van der Waals surface area contributed by atoms with Crippen molar-refractivity contribution >= 4 is 10.9 Å². The van der Waals surface area contributed by atoms with E-state index in [2.05, 4.69) is 40.2 Å². The van der Waals surface area contributed by atoms with Crippen molar-refractivity contribution in [2.45, 2.75) is 19.5 Å². The molecule has 0 saturated heterocycles. The Morgan fingerprint density at radius 2 is 2.00 bits per heavy atom. The summed E-state index contributed by atoms with van der Waals surface area (Å²) in [4.78, 5) is 6.71. The first kappa shape index (κ1) is 14.3. The Morgan fingerprint density at radius 3 is 2.82 bits per heavy atom. The van der Waals surface area contributed by atoms with Gasteiger partial charge in [0.15, 0.2) is 0 Å². The minimum atomic E-state index is 0.499. The number of para-hydroxylation sites is 1. The summed E-state index contributed by atoms with van der Waals surface area (Å²) >= 11 is 0. The van der Waals surface area contributed by atoms with E-state index in [1.165, 1.54) is 5.56 Å². The second kappa shape index (κ2) is 6.88. The highest BCUT2D eigenvalue weighted by Crippen LogP contribution is 2.19. The van der Waals surface area contributed by atoms with Crippen molar-refractivity contribution in [3.63, 3.8) is 0 Å². The molecule has 0 radical (unpaired) electrons. The van der Waals surface area contributed by atoms with Crippen molar-refractivity contribution in [2.75, 3.05) is 6.54 Å². The second-order valence-electron chi connectivity index (χ2n) is 5.19. The van der Waals surface area contributed by atoms with Crippen LogP contribution >= 0.6 is 0 Å². The standard InChI is InChI=1S/C18H17N3O/c19-9-4-11-21(14-17-8-3-12-22-17)13-16-6-1-5-15-7-2-10-20-18(15)16/h1-3,5-8,10,12H,4,11,13-14H2. The third-order valence-corrected chi connectivity index (χ3v) is 3.61. The van der Waals surface area contributed by atoms with Crippen LogP contribution in [0.15, 0.2) is 59.3 Å². The maximum atomic E-state index is 8.87. The van der Waals surface area contributed by atoms with Crippen LogP contribution in [0.3, 0.4) is 0 Å². The first-order chi connectivity index (χ1) is 10.9. The van der Waals surface area contributed by atoms with Crippen LogP contribution in [0.25, 0.3) is 10.9 Å². The lowest BCUT2D eigenvalue weighted by Gasteiger charge is -2.20. The second-order valence-corrected chi connectivity index (χ2v) is 5.19. The first-order valence-electron chi connectivity index (χ1n) is 7.31. The molecule has 0 unspecified atom stereocenters. The molecular weight excluding hydrogens is 274 g/mol. The van der Waals surface area contributed by atoms with Crippen LogP contribution in [-0.2, 0) is 13.1 Å². The maximum Gasteiger partial charge on any atom is 0.117 e. The van der Waals surface area contributed by atoms with Gasteiger partial charge in [0.1, 0.15) is 5.76 Å². The highest BCUT2D eigenvalue weighted by atomic mass is 16.3. The van der Waals surface area contributed by atoms with Gasteiger partial charge in [-0.1, -0.05) is 24.3 Å². The van der Waals surface area contributed by atoms with Gasteiger partial charge in [0, 0.05) is 31.1 Å². The number of nitrogens with zero attached hydrogens (tertiary/aromatic N) is 3. The average Bonchev–Trinajstić information content (AvgIpc) is 3.06. The predicted octanol–water partition coefficient (Wildman–Crippen LogP) is 3.74. The summed E-state index contributed by atoms with van der Waals surface area (Å²) in [6.07, 6.45) is 3.99. The Labute approximate surface area is 129 Å². The Balaban J connectivity index is 1.83. The van der Waals surface area contributed by atoms with Crippen molar-refractivity contribution in [1.29, 1.82) is 5.26 Å². The van der Waals surface area contributed by atoms with Gasteiger partial charge in [0.05, 0.1) is 24.4 Å². The van der Waals surface area contributed by atoms with Gasteiger partial charge in [0.25, 0.3) is 0 Å². The van der Waals surface area contributed by atoms with Crippen molar-refractivity contribution < 1.29 is 4.42 Å². The summed E-state index contributed by atoms with van der Waals surface area (Å²) in [7, 11) is 0. The fourth-order valence-corrected chi connectivity index (χ4v) is 2.58. The molecule has 22 heavy (non-hydrogen) atoms. The molecule has 3 rings (SSSR count). The first-order valence-corrected chi connectivity index (χ1v) is 7.31. The van der Waals surface area contributed by atoms with Gasteiger partial charge in [-0.15, -0.1) is 0 Å². The fourth-order valence-electron chi connectivity index (χ4n) is 2.58. The van der Waals surface area contributed by atoms with Crippen LogP contribution in [0.2, 0.25) is 0 Å². The number of nitriles is 1. The number of hydrogen-bond donors (Lipinski definition) is 0. The number of aromatic nitrogens is 1. The van der Waals surface area contributed by atoms with E-state index in [1.807, 2.05) is 24.4 Å². The number of fused-ring (bicyclic) bond motifs is 1. The van der Waals surface area contributed by atoms with Crippen LogP contribution in [0.5, 0.6) is 0 Å². The summed E-state index contributed by atoms with van der Waals surface area (Å²) in [6.45, 7) is 2.15. The number of furan rings is 1. The molecule has 1 aromatic carbocycles. The largest absolute Gasteiger partial charge is 0.468 e. The molecule has 2 heterocycles. The van der Waals surface area contributed by atoms with Gasteiger partial charge >= 0.3 is 0 Å². The fraction of sp³-hybridized carbons (Fsp3) is 0.222. The zero-order chi connectivity index (χ0) is 15.2. The smallest absolute Gasteiger partial charge is 0.117 e. The molecule has 4 nitrogen and oxygen atoms in total. The number of pyridine rings is 1. The predicted molar refractivity (Wildman–Crippen MR) is 84.8 cm³/mol. The quantitative estimate of drug-likeness (QED) is 0.694. The van der Waals surface area contributed by atoms with Gasteiger partial charge in [-0.05, 0) is 23.8 Å². The molecule has 0 bridgehead atoms. The summed E-state index contributed by atoms with van der Waals surface area (Å²) in [5, 5.41) is 10.0.